The number of phenolic OH excluding ortho intramolecular Hbond substituents is 1. The molecule has 2 heterocycles. The van der Waals surface area contributed by atoms with E-state index < -0.39 is 0 Å². The molecule has 0 amide bonds. The minimum atomic E-state index is -0.0631. The van der Waals surface area contributed by atoms with Gasteiger partial charge in [0.2, 0.25) is 5.95 Å². The van der Waals surface area contributed by atoms with Gasteiger partial charge in [0, 0.05) is 42.8 Å². The number of aromatic nitrogens is 2. The van der Waals surface area contributed by atoms with Crippen molar-refractivity contribution < 1.29 is 5.11 Å². The molecule has 0 atom stereocenters. The minimum absolute atomic E-state index is 0.0631. The molecule has 8 heteroatoms. The van der Waals surface area contributed by atoms with E-state index in [-0.39, 0.29) is 11.3 Å². The summed E-state index contributed by atoms with van der Waals surface area (Å²) in [6.45, 7) is 5.40. The van der Waals surface area contributed by atoms with E-state index in [1.54, 1.807) is 24.5 Å². The second-order valence-corrected chi connectivity index (χ2v) is 9.03. The summed E-state index contributed by atoms with van der Waals surface area (Å²) in [5.74, 6) is 0.368. The smallest absolute Gasteiger partial charge is 0.227 e. The molecule has 2 N–H and O–H groups in total. The van der Waals surface area contributed by atoms with E-state index in [1.165, 1.54) is 12.5 Å². The van der Waals surface area contributed by atoms with E-state index in [4.69, 9.17) is 16.9 Å². The van der Waals surface area contributed by atoms with Crippen LogP contribution in [0.5, 0.6) is 5.75 Å². The predicted octanol–water partition coefficient (Wildman–Crippen LogP) is 5.43. The summed E-state index contributed by atoms with van der Waals surface area (Å²) in [4.78, 5) is 13.7. The Hall–Kier alpha value is -3.34. The lowest BCUT2D eigenvalue weighted by Crippen LogP contribution is -2.43. The summed E-state index contributed by atoms with van der Waals surface area (Å²) >= 11 is 6.46. The lowest BCUT2D eigenvalue weighted by Gasteiger charge is -2.38. The summed E-state index contributed by atoms with van der Waals surface area (Å²) in [6, 6.07) is 13.5. The summed E-state index contributed by atoms with van der Waals surface area (Å²) in [6.07, 6.45) is 6.83. The number of benzene rings is 2. The second kappa shape index (κ2) is 10.7. The number of hydrogen-bond acceptors (Lipinski definition) is 7. The Morgan fingerprint density at radius 1 is 1.15 bits per heavy atom. The molecule has 0 unspecified atom stereocenters. The normalized spacial score (nSPS) is 14.3. The topological polar surface area (TPSA) is 88.3 Å². The van der Waals surface area contributed by atoms with E-state index in [1.807, 2.05) is 18.2 Å². The molecule has 0 spiro atoms. The largest absolute Gasteiger partial charge is 0.507 e. The number of halogens is 1. The number of phenols is 1. The summed E-state index contributed by atoms with van der Waals surface area (Å²) in [7, 11) is 2.23. The van der Waals surface area contributed by atoms with Crippen molar-refractivity contribution in [1.82, 2.24) is 14.9 Å². The van der Waals surface area contributed by atoms with Gasteiger partial charge in [0.15, 0.2) is 0 Å². The van der Waals surface area contributed by atoms with Crippen LogP contribution in [0.3, 0.4) is 0 Å². The number of aromatic hydroxyl groups is 1. The van der Waals surface area contributed by atoms with Crippen molar-refractivity contribution in [1.29, 1.82) is 5.26 Å². The molecule has 1 aromatic heterocycles. The van der Waals surface area contributed by atoms with Crippen LogP contribution >= 0.6 is 11.6 Å². The van der Waals surface area contributed by atoms with Crippen LogP contribution < -0.4 is 10.2 Å². The van der Waals surface area contributed by atoms with Crippen molar-refractivity contribution in [3.63, 3.8) is 0 Å². The Morgan fingerprint density at radius 3 is 2.53 bits per heavy atom. The number of nitrogens with zero attached hydrogens (tertiary/aromatic N) is 5. The molecule has 4 rings (SSSR count). The highest BCUT2D eigenvalue weighted by Crippen LogP contribution is 2.32. The molecule has 176 valence electrons. The number of rotatable bonds is 7. The van der Waals surface area contributed by atoms with E-state index >= 15 is 0 Å². The van der Waals surface area contributed by atoms with Gasteiger partial charge in [-0.25, -0.2) is 9.97 Å². The molecule has 1 fully saturated rings. The summed E-state index contributed by atoms with van der Waals surface area (Å²) < 4.78 is 0. The zero-order chi connectivity index (χ0) is 24.1. The molecule has 3 aromatic rings. The van der Waals surface area contributed by atoms with Gasteiger partial charge < -0.3 is 20.2 Å². The van der Waals surface area contributed by atoms with E-state index in [2.05, 4.69) is 45.1 Å². The molecule has 34 heavy (non-hydrogen) atoms. The fraction of sp³-hybridized carbons (Fsp3) is 0.346. The molecular weight excluding hydrogens is 448 g/mol. The first kappa shape index (κ1) is 23.8. The minimum Gasteiger partial charge on any atom is -0.507 e. The Bertz CT molecular complexity index is 1170. The van der Waals surface area contributed by atoms with E-state index in [0.29, 0.717) is 17.0 Å². The Balaban J connectivity index is 1.44. The third kappa shape index (κ3) is 5.41. The first-order valence-electron chi connectivity index (χ1n) is 11.6. The lowest BCUT2D eigenvalue weighted by molar-refractivity contribution is 0.208. The zero-order valence-corrected chi connectivity index (χ0v) is 20.3. The molecule has 1 aliphatic rings. The van der Waals surface area contributed by atoms with Gasteiger partial charge in [0.1, 0.15) is 11.8 Å². The van der Waals surface area contributed by atoms with Gasteiger partial charge >= 0.3 is 0 Å². The lowest BCUT2D eigenvalue weighted by atomic mass is 10.0. The fourth-order valence-corrected chi connectivity index (χ4v) is 4.54. The first-order chi connectivity index (χ1) is 16.5. The predicted molar refractivity (Wildman–Crippen MR) is 137 cm³/mol. The van der Waals surface area contributed by atoms with Crippen LogP contribution in [0.2, 0.25) is 5.02 Å². The highest BCUT2D eigenvalue weighted by Gasteiger charge is 2.22. The molecule has 0 bridgehead atoms. The quantitative estimate of drug-likeness (QED) is 0.470. The molecule has 0 radical (unpaired) electrons. The SMILES string of the molecule is CCCN(C)C1CCN(c2ccc(Cl)c(Nc3ncc(-c4ccc(C#N)c(O)c4)cn3)c2)CC1. The second-order valence-electron chi connectivity index (χ2n) is 8.63. The van der Waals surface area contributed by atoms with Crippen LogP contribution in [0.1, 0.15) is 31.7 Å². The molecule has 7 nitrogen and oxygen atoms in total. The van der Waals surface area contributed by atoms with Crippen LogP contribution in [-0.2, 0) is 0 Å². The van der Waals surface area contributed by atoms with E-state index in [9.17, 15) is 5.11 Å². The molecular formula is C26H29ClN6O. The van der Waals surface area contributed by atoms with Gasteiger partial charge in [-0.05, 0) is 68.8 Å². The average molecular weight is 477 g/mol. The van der Waals surface area contributed by atoms with Crippen LogP contribution in [0.4, 0.5) is 17.3 Å². The van der Waals surface area contributed by atoms with Gasteiger partial charge in [-0.2, -0.15) is 5.26 Å². The van der Waals surface area contributed by atoms with Gasteiger partial charge in [-0.1, -0.05) is 24.6 Å². The summed E-state index contributed by atoms with van der Waals surface area (Å²) in [5.41, 5.74) is 3.59. The van der Waals surface area contributed by atoms with Gasteiger partial charge in [0.05, 0.1) is 16.3 Å². The van der Waals surface area contributed by atoms with Gasteiger partial charge in [-0.15, -0.1) is 0 Å². The maximum absolute atomic E-state index is 9.93. The Labute approximate surface area is 205 Å². The maximum Gasteiger partial charge on any atom is 0.227 e. The number of anilines is 3. The Morgan fingerprint density at radius 2 is 1.88 bits per heavy atom. The number of piperidine rings is 1. The highest BCUT2D eigenvalue weighted by atomic mass is 35.5. The number of hydrogen-bond donors (Lipinski definition) is 2. The molecule has 0 aliphatic carbocycles. The third-order valence-electron chi connectivity index (χ3n) is 6.33. The van der Waals surface area contributed by atoms with Crippen LogP contribution in [0.15, 0.2) is 48.8 Å². The first-order valence-corrected chi connectivity index (χ1v) is 11.9. The van der Waals surface area contributed by atoms with Crippen LogP contribution in [-0.4, -0.2) is 52.7 Å². The zero-order valence-electron chi connectivity index (χ0n) is 19.5. The molecule has 0 saturated carbocycles. The molecule has 1 saturated heterocycles. The van der Waals surface area contributed by atoms with Crippen LogP contribution in [0, 0.1) is 11.3 Å². The highest BCUT2D eigenvalue weighted by molar-refractivity contribution is 6.33. The number of nitriles is 1. The van der Waals surface area contributed by atoms with Crippen LogP contribution in [0.25, 0.3) is 11.1 Å². The van der Waals surface area contributed by atoms with E-state index in [0.717, 1.165) is 55.0 Å². The van der Waals surface area contributed by atoms with Crippen molar-refractivity contribution in [2.45, 2.75) is 32.2 Å². The Kier molecular flexibility index (Phi) is 7.51. The van der Waals surface area contributed by atoms with Gasteiger partial charge in [0.25, 0.3) is 0 Å². The third-order valence-corrected chi connectivity index (χ3v) is 6.66. The fourth-order valence-electron chi connectivity index (χ4n) is 4.37. The van der Waals surface area contributed by atoms with Crippen molar-refractivity contribution in [2.75, 3.05) is 36.9 Å². The molecule has 1 aliphatic heterocycles. The summed E-state index contributed by atoms with van der Waals surface area (Å²) in [5, 5.41) is 22.7. The number of nitrogens with one attached hydrogen (secondary N) is 1. The van der Waals surface area contributed by atoms with Crippen molar-refractivity contribution >= 4 is 28.9 Å². The van der Waals surface area contributed by atoms with Crippen molar-refractivity contribution in [2.24, 2.45) is 0 Å². The standard InChI is InChI=1S/C26H29ClN6O/c1-3-10-32(2)21-8-11-33(12-9-21)22-6-7-23(27)24(14-22)31-26-29-16-20(17-30-26)18-4-5-19(15-28)25(34)13-18/h4-7,13-14,16-17,21,34H,3,8-12H2,1-2H3,(H,29,30,31). The van der Waals surface area contributed by atoms with Crippen molar-refractivity contribution in [3.8, 4) is 22.9 Å². The monoisotopic (exact) mass is 476 g/mol. The maximum atomic E-state index is 9.93. The van der Waals surface area contributed by atoms with Gasteiger partial charge in [-0.3, -0.25) is 0 Å². The average Bonchev–Trinajstić information content (AvgIpc) is 2.86. The molecule has 2 aromatic carbocycles. The van der Waals surface area contributed by atoms with Crippen molar-refractivity contribution in [3.05, 3.63) is 59.4 Å².